The number of allylic oxidation sites excluding steroid dienone is 3. The summed E-state index contributed by atoms with van der Waals surface area (Å²) in [7, 11) is 0. The molecule has 2 aromatic heterocycles. The van der Waals surface area contributed by atoms with Gasteiger partial charge < -0.3 is 10.6 Å². The first-order chi connectivity index (χ1) is 19.0. The van der Waals surface area contributed by atoms with Gasteiger partial charge in [0, 0.05) is 29.0 Å². The first kappa shape index (κ1) is 25.5. The maximum absolute atomic E-state index is 13.5. The average Bonchev–Trinajstić information content (AvgIpc) is 2.94. The van der Waals surface area contributed by atoms with E-state index in [1.165, 1.54) is 12.4 Å². The van der Waals surface area contributed by atoms with E-state index in [0.29, 0.717) is 17.1 Å². The number of rotatable bonds is 6. The van der Waals surface area contributed by atoms with Crippen LogP contribution in [0.1, 0.15) is 34.3 Å². The van der Waals surface area contributed by atoms with Crippen molar-refractivity contribution in [3.63, 3.8) is 0 Å². The molecule has 0 atom stereocenters. The van der Waals surface area contributed by atoms with Crippen LogP contribution in [-0.2, 0) is 6.54 Å². The lowest BCUT2D eigenvalue weighted by atomic mass is 10.1. The fourth-order valence-corrected chi connectivity index (χ4v) is 3.93. The number of hydrogen-bond acceptors (Lipinski definition) is 6. The fraction of sp³-hybridized carbons (Fsp3) is 0.138. The standard InChI is InChI=1S/C29H22F2N6O2/c30-24-10-8-20(14-25(24)31)17-37-18-32-16-23(28(37)39)27(38)33-12-4-5-19-9-11-26-21(13-19)15-34-29(36-26)35-22-6-2-1-3-7-22/h2,6-11,13-16,18H,1,3,12,17H2,(H,33,38)(H,34,35,36). The smallest absolute Gasteiger partial charge is 0.266 e. The Hall–Kier alpha value is -5.17. The van der Waals surface area contributed by atoms with E-state index in [0.717, 1.165) is 52.3 Å². The number of benzene rings is 2. The van der Waals surface area contributed by atoms with Crippen molar-refractivity contribution >= 4 is 22.8 Å². The van der Waals surface area contributed by atoms with Crippen LogP contribution in [0.15, 0.2) is 83.8 Å². The Morgan fingerprint density at radius 1 is 1.08 bits per heavy atom. The van der Waals surface area contributed by atoms with Crippen LogP contribution in [0.4, 0.5) is 14.7 Å². The van der Waals surface area contributed by atoms with Gasteiger partial charge in [0.2, 0.25) is 5.95 Å². The van der Waals surface area contributed by atoms with Gasteiger partial charge in [-0.2, -0.15) is 0 Å². The van der Waals surface area contributed by atoms with E-state index in [1.54, 1.807) is 6.20 Å². The Labute approximate surface area is 222 Å². The Kier molecular flexibility index (Phi) is 7.50. The lowest BCUT2D eigenvalue weighted by Crippen LogP contribution is -2.33. The minimum atomic E-state index is -1.02. The highest BCUT2D eigenvalue weighted by Crippen LogP contribution is 2.17. The van der Waals surface area contributed by atoms with Crippen molar-refractivity contribution in [2.24, 2.45) is 0 Å². The summed E-state index contributed by atoms with van der Waals surface area (Å²) in [5, 5.41) is 6.61. The zero-order chi connectivity index (χ0) is 27.2. The van der Waals surface area contributed by atoms with Crippen LogP contribution in [-0.4, -0.2) is 32.0 Å². The second kappa shape index (κ2) is 11.5. The molecule has 1 aliphatic rings. The van der Waals surface area contributed by atoms with Gasteiger partial charge in [-0.15, -0.1) is 0 Å². The Morgan fingerprint density at radius 3 is 2.79 bits per heavy atom. The third kappa shape index (κ3) is 6.22. The molecule has 0 unspecified atom stereocenters. The second-order valence-electron chi connectivity index (χ2n) is 8.70. The normalized spacial score (nSPS) is 12.4. The summed E-state index contributed by atoms with van der Waals surface area (Å²) in [6, 6.07) is 8.85. The molecule has 2 N–H and O–H groups in total. The number of anilines is 1. The SMILES string of the molecule is O=C(NCC#Cc1ccc2nc(NC3=CCCC=C3)ncc2c1)c1cncn(Cc2ccc(F)c(F)c2)c1=O. The topological polar surface area (TPSA) is 102 Å². The summed E-state index contributed by atoms with van der Waals surface area (Å²) in [6.07, 6.45) is 12.3. The lowest BCUT2D eigenvalue weighted by molar-refractivity contribution is 0.0956. The van der Waals surface area contributed by atoms with Gasteiger partial charge in [0.05, 0.1) is 24.9 Å². The van der Waals surface area contributed by atoms with Gasteiger partial charge >= 0.3 is 0 Å². The quantitative estimate of drug-likeness (QED) is 0.371. The predicted octanol–water partition coefficient (Wildman–Crippen LogP) is 3.94. The summed E-state index contributed by atoms with van der Waals surface area (Å²) >= 11 is 0. The summed E-state index contributed by atoms with van der Waals surface area (Å²) < 4.78 is 27.8. The van der Waals surface area contributed by atoms with Crippen LogP contribution in [0, 0.1) is 23.5 Å². The molecule has 194 valence electrons. The third-order valence-corrected chi connectivity index (χ3v) is 5.88. The minimum absolute atomic E-state index is 0.00361. The Balaban J connectivity index is 1.21. The van der Waals surface area contributed by atoms with Crippen LogP contribution in [0.3, 0.4) is 0 Å². The number of aromatic nitrogens is 4. The van der Waals surface area contributed by atoms with Gasteiger partial charge in [0.1, 0.15) is 5.56 Å². The first-order valence-corrected chi connectivity index (χ1v) is 12.1. The van der Waals surface area contributed by atoms with E-state index >= 15 is 0 Å². The minimum Gasteiger partial charge on any atom is -0.341 e. The molecule has 10 heteroatoms. The van der Waals surface area contributed by atoms with Gasteiger partial charge in [-0.1, -0.05) is 30.1 Å². The molecule has 1 aliphatic carbocycles. The van der Waals surface area contributed by atoms with Crippen molar-refractivity contribution in [2.75, 3.05) is 11.9 Å². The highest BCUT2D eigenvalue weighted by molar-refractivity contribution is 5.93. The summed E-state index contributed by atoms with van der Waals surface area (Å²) in [6.45, 7) is -0.0710. The molecule has 4 aromatic rings. The monoisotopic (exact) mass is 524 g/mol. The van der Waals surface area contributed by atoms with Crippen LogP contribution < -0.4 is 16.2 Å². The highest BCUT2D eigenvalue weighted by Gasteiger charge is 2.13. The van der Waals surface area contributed by atoms with Crippen LogP contribution >= 0.6 is 0 Å². The number of fused-ring (bicyclic) bond motifs is 1. The van der Waals surface area contributed by atoms with E-state index in [1.807, 2.05) is 24.3 Å². The number of halogens is 2. The van der Waals surface area contributed by atoms with Gasteiger partial charge in [-0.25, -0.2) is 23.7 Å². The molecule has 0 saturated heterocycles. The van der Waals surface area contributed by atoms with Crippen LogP contribution in [0.5, 0.6) is 0 Å². The zero-order valence-electron chi connectivity index (χ0n) is 20.6. The third-order valence-electron chi connectivity index (χ3n) is 5.88. The van der Waals surface area contributed by atoms with E-state index in [9.17, 15) is 18.4 Å². The molecule has 0 spiro atoms. The van der Waals surface area contributed by atoms with Gasteiger partial charge in [0.25, 0.3) is 11.5 Å². The largest absolute Gasteiger partial charge is 0.341 e. The number of carbonyl (C=O) groups excluding carboxylic acids is 1. The van der Waals surface area contributed by atoms with E-state index < -0.39 is 23.1 Å². The van der Waals surface area contributed by atoms with Crippen LogP contribution in [0.2, 0.25) is 0 Å². The Bertz CT molecular complexity index is 1750. The molecule has 5 rings (SSSR count). The molecular weight excluding hydrogens is 502 g/mol. The van der Waals surface area contributed by atoms with E-state index in [2.05, 4.69) is 49.6 Å². The molecule has 0 aliphatic heterocycles. The first-order valence-electron chi connectivity index (χ1n) is 12.1. The van der Waals surface area contributed by atoms with Gasteiger partial charge in [-0.3, -0.25) is 14.2 Å². The molecular formula is C29H22F2N6O2. The number of hydrogen-bond donors (Lipinski definition) is 2. The van der Waals surface area contributed by atoms with Crippen molar-refractivity contribution in [1.29, 1.82) is 0 Å². The molecule has 0 bridgehead atoms. The maximum Gasteiger partial charge on any atom is 0.266 e. The van der Waals surface area contributed by atoms with Crippen molar-refractivity contribution in [3.05, 3.63) is 118 Å². The number of amides is 1. The zero-order valence-corrected chi connectivity index (χ0v) is 20.6. The molecule has 39 heavy (non-hydrogen) atoms. The molecule has 0 radical (unpaired) electrons. The van der Waals surface area contributed by atoms with Crippen molar-refractivity contribution in [2.45, 2.75) is 19.4 Å². The van der Waals surface area contributed by atoms with Gasteiger partial charge in [0.15, 0.2) is 11.6 Å². The van der Waals surface area contributed by atoms with Crippen molar-refractivity contribution in [1.82, 2.24) is 24.8 Å². The average molecular weight is 525 g/mol. The van der Waals surface area contributed by atoms with Crippen molar-refractivity contribution < 1.29 is 13.6 Å². The fourth-order valence-electron chi connectivity index (χ4n) is 3.93. The second-order valence-corrected chi connectivity index (χ2v) is 8.70. The Morgan fingerprint density at radius 2 is 1.97 bits per heavy atom. The maximum atomic E-state index is 13.5. The molecule has 0 saturated carbocycles. The molecule has 1 amide bonds. The molecule has 2 heterocycles. The van der Waals surface area contributed by atoms with Gasteiger partial charge in [-0.05, 0) is 54.8 Å². The number of nitrogens with one attached hydrogen (secondary N) is 2. The lowest BCUT2D eigenvalue weighted by Gasteiger charge is -2.09. The number of nitrogens with zero attached hydrogens (tertiary/aromatic N) is 4. The summed E-state index contributed by atoms with van der Waals surface area (Å²) in [5.41, 5.74) is 2.01. The van der Waals surface area contributed by atoms with E-state index in [4.69, 9.17) is 0 Å². The summed E-state index contributed by atoms with van der Waals surface area (Å²) in [5.74, 6) is 3.70. The van der Waals surface area contributed by atoms with Crippen LogP contribution in [0.25, 0.3) is 10.9 Å². The predicted molar refractivity (Wildman–Crippen MR) is 143 cm³/mol. The van der Waals surface area contributed by atoms with Crippen molar-refractivity contribution in [3.8, 4) is 11.8 Å². The molecule has 0 fully saturated rings. The molecule has 8 nitrogen and oxygen atoms in total. The van der Waals surface area contributed by atoms with E-state index in [-0.39, 0.29) is 18.7 Å². The summed E-state index contributed by atoms with van der Waals surface area (Å²) in [4.78, 5) is 38.1. The molecule has 2 aromatic carbocycles. The number of carbonyl (C=O) groups is 1. The highest BCUT2D eigenvalue weighted by atomic mass is 19.2.